The number of carbonyl (C=O) groups is 1. The number of carboxylic acid groups (broad SMARTS) is 1. The Hall–Kier alpha value is -2.67. The highest BCUT2D eigenvalue weighted by Crippen LogP contribution is 2.38. The van der Waals surface area contributed by atoms with Crippen molar-refractivity contribution in [3.8, 4) is 11.5 Å². The largest absolute Gasteiger partial charge is 0.490 e. The number of aliphatic carboxylic acids is 1. The van der Waals surface area contributed by atoms with Crippen molar-refractivity contribution in [1.82, 2.24) is 5.43 Å². The van der Waals surface area contributed by atoms with Gasteiger partial charge in [-0.15, -0.1) is 0 Å². The number of nitrogens with one attached hydrogen (secondary N) is 1. The van der Waals surface area contributed by atoms with Crippen molar-refractivity contribution in [2.24, 2.45) is 5.10 Å². The van der Waals surface area contributed by atoms with E-state index in [1.165, 1.54) is 0 Å². The van der Waals surface area contributed by atoms with E-state index in [9.17, 15) is 4.79 Å². The van der Waals surface area contributed by atoms with Crippen LogP contribution in [-0.4, -0.2) is 29.3 Å². The number of nitrogens with zero attached hydrogens (tertiary/aromatic N) is 1. The minimum atomic E-state index is -1.03. The minimum Gasteiger partial charge on any atom is -0.490 e. The molecule has 2 aromatic carbocycles. The van der Waals surface area contributed by atoms with Crippen LogP contribution in [0.3, 0.4) is 0 Å². The van der Waals surface area contributed by atoms with E-state index in [0.29, 0.717) is 18.1 Å². The fourth-order valence-corrected chi connectivity index (χ4v) is 3.34. The van der Waals surface area contributed by atoms with E-state index in [0.717, 1.165) is 16.2 Å². The highest BCUT2D eigenvalue weighted by atomic mass is 32.2. The minimum absolute atomic E-state index is 0.0389. The van der Waals surface area contributed by atoms with Gasteiger partial charge in [0.05, 0.1) is 6.61 Å². The van der Waals surface area contributed by atoms with E-state index in [1.54, 1.807) is 17.8 Å². The molecular weight excluding hydrogens is 340 g/mol. The summed E-state index contributed by atoms with van der Waals surface area (Å²) in [6.07, 6.45) is 0. The van der Waals surface area contributed by atoms with E-state index in [4.69, 9.17) is 14.6 Å². The molecule has 130 valence electrons. The first-order valence-corrected chi connectivity index (χ1v) is 8.72. The fraction of sp³-hybridized carbons (Fsp3) is 0.222. The fourth-order valence-electron chi connectivity index (χ4n) is 2.35. The molecule has 0 fully saturated rings. The Labute approximate surface area is 149 Å². The molecule has 1 heterocycles. The molecule has 6 nitrogen and oxygen atoms in total. The van der Waals surface area contributed by atoms with Crippen LogP contribution in [0, 0.1) is 0 Å². The maximum Gasteiger partial charge on any atom is 0.341 e. The molecule has 0 aromatic heterocycles. The molecule has 1 aliphatic rings. The van der Waals surface area contributed by atoms with Crippen LogP contribution >= 0.6 is 11.8 Å². The lowest BCUT2D eigenvalue weighted by Crippen LogP contribution is -2.11. The van der Waals surface area contributed by atoms with Gasteiger partial charge in [-0.05, 0) is 24.6 Å². The van der Waals surface area contributed by atoms with Gasteiger partial charge in [0.25, 0.3) is 0 Å². The van der Waals surface area contributed by atoms with Crippen LogP contribution < -0.4 is 14.9 Å². The number of benzene rings is 2. The van der Waals surface area contributed by atoms with E-state index in [2.05, 4.69) is 10.5 Å². The smallest absolute Gasteiger partial charge is 0.341 e. The number of hydrogen-bond acceptors (Lipinski definition) is 6. The van der Waals surface area contributed by atoms with Crippen LogP contribution in [0.1, 0.15) is 23.4 Å². The van der Waals surface area contributed by atoms with Crippen molar-refractivity contribution < 1.29 is 19.4 Å². The average Bonchev–Trinajstić information content (AvgIpc) is 3.11. The Kier molecular flexibility index (Phi) is 5.45. The second-order valence-corrected chi connectivity index (χ2v) is 6.33. The van der Waals surface area contributed by atoms with Gasteiger partial charge in [0.15, 0.2) is 18.1 Å². The zero-order valence-electron chi connectivity index (χ0n) is 13.6. The highest BCUT2D eigenvalue weighted by Gasteiger charge is 2.23. The maximum atomic E-state index is 10.7. The molecule has 25 heavy (non-hydrogen) atoms. The Balaban J connectivity index is 1.75. The third kappa shape index (κ3) is 4.24. The summed E-state index contributed by atoms with van der Waals surface area (Å²) < 4.78 is 10.9. The second kappa shape index (κ2) is 7.94. The summed E-state index contributed by atoms with van der Waals surface area (Å²) in [6, 6.07) is 15.4. The second-order valence-electron chi connectivity index (χ2n) is 5.23. The number of carboxylic acids is 1. The summed E-state index contributed by atoms with van der Waals surface area (Å²) in [5.41, 5.74) is 5.16. The lowest BCUT2D eigenvalue weighted by molar-refractivity contribution is -0.139. The molecule has 0 saturated carbocycles. The lowest BCUT2D eigenvalue weighted by atomic mass is 10.2. The molecule has 2 N–H and O–H groups in total. The molecule has 0 radical (unpaired) electrons. The van der Waals surface area contributed by atoms with Gasteiger partial charge in [-0.25, -0.2) is 4.79 Å². The first-order chi connectivity index (χ1) is 12.2. The van der Waals surface area contributed by atoms with Crippen molar-refractivity contribution in [3.63, 3.8) is 0 Å². The average molecular weight is 358 g/mol. The predicted molar refractivity (Wildman–Crippen MR) is 97.2 cm³/mol. The monoisotopic (exact) mass is 358 g/mol. The molecule has 7 heteroatoms. The van der Waals surface area contributed by atoms with E-state index in [1.807, 2.05) is 49.4 Å². The Morgan fingerprint density at radius 1 is 1.20 bits per heavy atom. The summed E-state index contributed by atoms with van der Waals surface area (Å²) in [6.45, 7) is 1.92. The van der Waals surface area contributed by atoms with Crippen molar-refractivity contribution in [2.45, 2.75) is 12.3 Å². The van der Waals surface area contributed by atoms with Crippen LogP contribution in [0.15, 0.2) is 53.6 Å². The summed E-state index contributed by atoms with van der Waals surface area (Å²) in [5, 5.41) is 14.1. The summed E-state index contributed by atoms with van der Waals surface area (Å²) in [4.78, 5) is 10.7. The Morgan fingerprint density at radius 2 is 2.00 bits per heavy atom. The molecule has 0 spiro atoms. The van der Waals surface area contributed by atoms with Crippen molar-refractivity contribution in [1.29, 1.82) is 0 Å². The molecule has 0 saturated heterocycles. The standard InChI is InChI=1S/C18H18N2O4S/c1-2-23-15-10-13(8-9-14(15)24-11-16(21)22)18-20-19-17(25-18)12-6-4-3-5-7-12/h3-10,18,20H,2,11H2,1H3,(H,21,22)/t18-/m1/s1. The topological polar surface area (TPSA) is 80.1 Å². The van der Waals surface area contributed by atoms with E-state index >= 15 is 0 Å². The maximum absolute atomic E-state index is 10.7. The quantitative estimate of drug-likeness (QED) is 0.791. The number of thioether (sulfide) groups is 1. The van der Waals surface area contributed by atoms with Crippen LogP contribution in [0.2, 0.25) is 0 Å². The molecule has 0 amide bonds. The van der Waals surface area contributed by atoms with Crippen LogP contribution in [0.25, 0.3) is 0 Å². The number of ether oxygens (including phenoxy) is 2. The van der Waals surface area contributed by atoms with Crippen molar-refractivity contribution in [2.75, 3.05) is 13.2 Å². The van der Waals surface area contributed by atoms with Crippen molar-refractivity contribution in [3.05, 3.63) is 59.7 Å². The van der Waals surface area contributed by atoms with Crippen LogP contribution in [-0.2, 0) is 4.79 Å². The molecule has 3 rings (SSSR count). The SMILES string of the molecule is CCOc1cc([C@@H]2NN=C(c3ccccc3)S2)ccc1OCC(=O)O. The number of hydrogen-bond donors (Lipinski definition) is 2. The third-order valence-corrected chi connectivity index (χ3v) is 4.62. The highest BCUT2D eigenvalue weighted by molar-refractivity contribution is 8.14. The molecule has 2 aromatic rings. The van der Waals surface area contributed by atoms with Gasteiger partial charge in [-0.1, -0.05) is 48.2 Å². The van der Waals surface area contributed by atoms with Gasteiger partial charge in [-0.2, -0.15) is 5.10 Å². The molecular formula is C18H18N2O4S. The Morgan fingerprint density at radius 3 is 2.72 bits per heavy atom. The van der Waals surface area contributed by atoms with Gasteiger partial charge < -0.3 is 14.6 Å². The Bertz CT molecular complexity index is 780. The molecule has 1 atom stereocenters. The lowest BCUT2D eigenvalue weighted by Gasteiger charge is -2.15. The van der Waals surface area contributed by atoms with Crippen LogP contribution in [0.4, 0.5) is 0 Å². The van der Waals surface area contributed by atoms with Gasteiger partial charge in [0.1, 0.15) is 10.4 Å². The van der Waals surface area contributed by atoms with Gasteiger partial charge >= 0.3 is 5.97 Å². The predicted octanol–water partition coefficient (Wildman–Crippen LogP) is 3.25. The first-order valence-electron chi connectivity index (χ1n) is 7.84. The first kappa shape index (κ1) is 17.2. The summed E-state index contributed by atoms with van der Waals surface area (Å²) in [5.74, 6) is -0.0857. The third-order valence-electron chi connectivity index (χ3n) is 3.46. The number of hydrazone groups is 1. The normalized spacial score (nSPS) is 16.0. The molecule has 0 bridgehead atoms. The number of rotatable bonds is 7. The van der Waals surface area contributed by atoms with Gasteiger partial charge in [0, 0.05) is 5.56 Å². The van der Waals surface area contributed by atoms with E-state index in [-0.39, 0.29) is 5.37 Å². The zero-order valence-corrected chi connectivity index (χ0v) is 14.5. The zero-order chi connectivity index (χ0) is 17.6. The summed E-state index contributed by atoms with van der Waals surface area (Å²) in [7, 11) is 0. The molecule has 0 unspecified atom stereocenters. The molecule has 1 aliphatic heterocycles. The van der Waals surface area contributed by atoms with Gasteiger partial charge in [0.2, 0.25) is 0 Å². The van der Waals surface area contributed by atoms with E-state index < -0.39 is 12.6 Å². The molecule has 0 aliphatic carbocycles. The summed E-state index contributed by atoms with van der Waals surface area (Å²) >= 11 is 1.62. The van der Waals surface area contributed by atoms with Crippen LogP contribution in [0.5, 0.6) is 11.5 Å². The van der Waals surface area contributed by atoms with Crippen molar-refractivity contribution >= 4 is 22.8 Å². The van der Waals surface area contributed by atoms with Gasteiger partial charge in [-0.3, -0.25) is 5.43 Å².